The van der Waals surface area contributed by atoms with Gasteiger partial charge < -0.3 is 15.4 Å². The van der Waals surface area contributed by atoms with Crippen LogP contribution in [0, 0.1) is 5.92 Å². The van der Waals surface area contributed by atoms with Gasteiger partial charge in [0.2, 0.25) is 0 Å². The number of thiocarbonyl (C=S) groups is 1. The van der Waals surface area contributed by atoms with E-state index in [9.17, 15) is 0 Å². The second kappa shape index (κ2) is 6.72. The molecule has 0 bridgehead atoms. The first-order valence-electron chi connectivity index (χ1n) is 7.03. The number of methoxy groups -OCH3 is 1. The van der Waals surface area contributed by atoms with Crippen LogP contribution in [0.15, 0.2) is 30.5 Å². The molecule has 0 saturated carbocycles. The summed E-state index contributed by atoms with van der Waals surface area (Å²) in [5.74, 6) is 1.91. The molecule has 0 saturated heterocycles. The zero-order chi connectivity index (χ0) is 15.4. The fourth-order valence-electron chi connectivity index (χ4n) is 2.30. The molecule has 0 aliphatic carbocycles. The molecule has 0 spiro atoms. The lowest BCUT2D eigenvalue weighted by Gasteiger charge is -2.26. The van der Waals surface area contributed by atoms with Crippen molar-refractivity contribution in [1.29, 1.82) is 0 Å². The van der Waals surface area contributed by atoms with E-state index in [-0.39, 0.29) is 5.92 Å². The molecule has 1 atom stereocenters. The summed E-state index contributed by atoms with van der Waals surface area (Å²) in [5.41, 5.74) is 5.74. The van der Waals surface area contributed by atoms with Gasteiger partial charge in [0.25, 0.3) is 0 Å². The number of pyridine rings is 1. The fourth-order valence-corrected chi connectivity index (χ4v) is 2.37. The number of nitrogens with zero attached hydrogens (tertiary/aromatic N) is 2. The number of hydrogen-bond donors (Lipinski definition) is 1. The Morgan fingerprint density at radius 3 is 2.81 bits per heavy atom. The number of benzene rings is 1. The Kier molecular flexibility index (Phi) is 4.96. The van der Waals surface area contributed by atoms with Crippen LogP contribution in [0.25, 0.3) is 10.8 Å². The Bertz CT molecular complexity index is 644. The molecule has 2 aromatic rings. The summed E-state index contributed by atoms with van der Waals surface area (Å²) in [5, 5.41) is 2.22. The van der Waals surface area contributed by atoms with Gasteiger partial charge in [-0.2, -0.15) is 0 Å². The second-order valence-electron chi connectivity index (χ2n) is 5.06. The molecule has 5 heteroatoms. The molecular formula is C16H21N3OS. The third-order valence-corrected chi connectivity index (χ3v) is 4.02. The molecule has 0 aliphatic rings. The highest BCUT2D eigenvalue weighted by molar-refractivity contribution is 7.80. The lowest BCUT2D eigenvalue weighted by atomic mass is 10.1. The molecule has 2 N–H and O–H groups in total. The van der Waals surface area contributed by atoms with Gasteiger partial charge in [-0.3, -0.25) is 0 Å². The van der Waals surface area contributed by atoms with E-state index in [0.717, 1.165) is 35.4 Å². The highest BCUT2D eigenvalue weighted by Gasteiger charge is 2.15. The van der Waals surface area contributed by atoms with Gasteiger partial charge in [0.15, 0.2) is 0 Å². The fraction of sp³-hybridized carbons (Fsp3) is 0.375. The van der Waals surface area contributed by atoms with Crippen LogP contribution in [0.4, 0.5) is 5.82 Å². The minimum absolute atomic E-state index is 0.141. The molecule has 0 radical (unpaired) electrons. The zero-order valence-electron chi connectivity index (χ0n) is 12.7. The Morgan fingerprint density at radius 2 is 2.19 bits per heavy atom. The van der Waals surface area contributed by atoms with Crippen molar-refractivity contribution < 1.29 is 4.74 Å². The number of aromatic nitrogens is 1. The third-order valence-electron chi connectivity index (χ3n) is 3.61. The first-order valence-corrected chi connectivity index (χ1v) is 7.44. The molecule has 0 aliphatic heterocycles. The van der Waals surface area contributed by atoms with Gasteiger partial charge in [-0.25, -0.2) is 4.98 Å². The van der Waals surface area contributed by atoms with Gasteiger partial charge in [0, 0.05) is 30.6 Å². The van der Waals surface area contributed by atoms with Crippen molar-refractivity contribution in [2.75, 3.05) is 25.1 Å². The van der Waals surface area contributed by atoms with Gasteiger partial charge >= 0.3 is 0 Å². The maximum absolute atomic E-state index is 5.74. The molecule has 0 amide bonds. The van der Waals surface area contributed by atoms with E-state index in [1.165, 1.54) is 0 Å². The lowest BCUT2D eigenvalue weighted by Crippen LogP contribution is -2.34. The first-order chi connectivity index (χ1) is 10.1. The van der Waals surface area contributed by atoms with E-state index >= 15 is 0 Å². The summed E-state index contributed by atoms with van der Waals surface area (Å²) in [6.07, 6.45) is 1.83. The van der Waals surface area contributed by atoms with E-state index in [1.807, 2.05) is 37.4 Å². The van der Waals surface area contributed by atoms with Crippen molar-refractivity contribution in [2.24, 2.45) is 11.7 Å². The maximum Gasteiger partial charge on any atom is 0.136 e. The highest BCUT2D eigenvalue weighted by Crippen LogP contribution is 2.28. The summed E-state index contributed by atoms with van der Waals surface area (Å²) in [6, 6.07) is 8.03. The average Bonchev–Trinajstić information content (AvgIpc) is 2.51. The molecule has 1 aromatic carbocycles. The minimum Gasteiger partial charge on any atom is -0.497 e. The summed E-state index contributed by atoms with van der Waals surface area (Å²) in [4.78, 5) is 7.29. The Hall–Kier alpha value is -1.88. The summed E-state index contributed by atoms with van der Waals surface area (Å²) in [6.45, 7) is 5.75. The van der Waals surface area contributed by atoms with E-state index in [2.05, 4.69) is 16.8 Å². The first kappa shape index (κ1) is 15.5. The number of anilines is 1. The van der Waals surface area contributed by atoms with Crippen molar-refractivity contribution in [1.82, 2.24) is 4.98 Å². The minimum atomic E-state index is 0.141. The van der Waals surface area contributed by atoms with Crippen LogP contribution in [0.5, 0.6) is 5.75 Å². The van der Waals surface area contributed by atoms with Crippen LogP contribution in [-0.4, -0.2) is 30.2 Å². The van der Waals surface area contributed by atoms with Crippen molar-refractivity contribution in [3.63, 3.8) is 0 Å². The quantitative estimate of drug-likeness (QED) is 0.831. The molecule has 21 heavy (non-hydrogen) atoms. The Morgan fingerprint density at radius 1 is 1.43 bits per heavy atom. The number of fused-ring (bicyclic) bond motifs is 1. The number of nitrogens with two attached hydrogens (primary N) is 1. The Labute approximate surface area is 130 Å². The SMILES string of the molecule is CCN(CC(C)C(N)=S)c1nccc2ccc(OC)cc12. The van der Waals surface area contributed by atoms with Crippen LogP contribution in [-0.2, 0) is 0 Å². The van der Waals surface area contributed by atoms with Gasteiger partial charge in [-0.15, -0.1) is 0 Å². The zero-order valence-corrected chi connectivity index (χ0v) is 13.5. The van der Waals surface area contributed by atoms with Crippen molar-refractivity contribution in [3.05, 3.63) is 30.5 Å². The van der Waals surface area contributed by atoms with Crippen LogP contribution in [0.3, 0.4) is 0 Å². The number of rotatable bonds is 6. The van der Waals surface area contributed by atoms with Gasteiger partial charge in [-0.05, 0) is 30.5 Å². The Balaban J connectivity index is 2.45. The standard InChI is InChI=1S/C16H21N3OS/c1-4-19(10-11(2)15(17)21)16-14-9-13(20-3)6-5-12(14)7-8-18-16/h5-9,11H,4,10H2,1-3H3,(H2,17,21). The van der Waals surface area contributed by atoms with Crippen LogP contribution in [0.2, 0.25) is 0 Å². The highest BCUT2D eigenvalue weighted by atomic mass is 32.1. The van der Waals surface area contributed by atoms with Crippen LogP contribution in [0.1, 0.15) is 13.8 Å². The molecule has 2 rings (SSSR count). The smallest absolute Gasteiger partial charge is 0.136 e. The molecule has 1 unspecified atom stereocenters. The van der Waals surface area contributed by atoms with Crippen molar-refractivity contribution in [3.8, 4) is 5.75 Å². The predicted molar refractivity (Wildman–Crippen MR) is 92.1 cm³/mol. The topological polar surface area (TPSA) is 51.4 Å². The monoisotopic (exact) mass is 303 g/mol. The maximum atomic E-state index is 5.74. The molecule has 4 nitrogen and oxygen atoms in total. The molecule has 0 fully saturated rings. The third kappa shape index (κ3) is 3.42. The van der Waals surface area contributed by atoms with Gasteiger partial charge in [-0.1, -0.05) is 25.2 Å². The lowest BCUT2D eigenvalue weighted by molar-refractivity contribution is 0.415. The molecule has 1 aromatic heterocycles. The largest absolute Gasteiger partial charge is 0.497 e. The second-order valence-corrected chi connectivity index (χ2v) is 5.54. The molecule has 1 heterocycles. The normalized spacial score (nSPS) is 12.1. The van der Waals surface area contributed by atoms with Gasteiger partial charge in [0.1, 0.15) is 11.6 Å². The van der Waals surface area contributed by atoms with Crippen LogP contribution >= 0.6 is 12.2 Å². The summed E-state index contributed by atoms with van der Waals surface area (Å²) in [7, 11) is 1.67. The van der Waals surface area contributed by atoms with E-state index in [0.29, 0.717) is 4.99 Å². The molecule has 112 valence electrons. The average molecular weight is 303 g/mol. The number of ether oxygens (including phenoxy) is 1. The van der Waals surface area contributed by atoms with E-state index in [1.54, 1.807) is 7.11 Å². The predicted octanol–water partition coefficient (Wildman–Crippen LogP) is 2.99. The van der Waals surface area contributed by atoms with Gasteiger partial charge in [0.05, 0.1) is 12.1 Å². The molecular weight excluding hydrogens is 282 g/mol. The van der Waals surface area contributed by atoms with Crippen molar-refractivity contribution >= 4 is 33.8 Å². The summed E-state index contributed by atoms with van der Waals surface area (Å²) < 4.78 is 5.32. The number of hydrogen-bond acceptors (Lipinski definition) is 4. The van der Waals surface area contributed by atoms with Crippen molar-refractivity contribution in [2.45, 2.75) is 13.8 Å². The van der Waals surface area contributed by atoms with E-state index < -0.39 is 0 Å². The summed E-state index contributed by atoms with van der Waals surface area (Å²) >= 11 is 5.08. The van der Waals surface area contributed by atoms with Crippen LogP contribution < -0.4 is 15.4 Å². The van der Waals surface area contributed by atoms with E-state index in [4.69, 9.17) is 22.7 Å².